The number of nitrogens with two attached hydrogens (primary N) is 2. The summed E-state index contributed by atoms with van der Waals surface area (Å²) in [5.41, 5.74) is 16.4. The fraction of sp³-hybridized carbons (Fsp3) is 0.200. The van der Waals surface area contributed by atoms with Crippen molar-refractivity contribution < 1.29 is 9.59 Å². The lowest BCUT2D eigenvalue weighted by atomic mass is 10.0. The molecule has 4 aromatic rings. The lowest BCUT2D eigenvalue weighted by molar-refractivity contribution is 0.0933. The molecule has 10 nitrogen and oxygen atoms in total. The Hall–Kier alpha value is -4.78. The molecule has 0 unspecified atom stereocenters. The number of aryl methyl sites for hydroxylation is 3. The molecular weight excluding hydrogens is 444 g/mol. The highest BCUT2D eigenvalue weighted by molar-refractivity contribution is 6.05. The van der Waals surface area contributed by atoms with Crippen LogP contribution in [0.15, 0.2) is 36.7 Å². The number of rotatable bonds is 6. The van der Waals surface area contributed by atoms with Crippen LogP contribution in [-0.2, 0) is 13.1 Å². The van der Waals surface area contributed by atoms with Crippen molar-refractivity contribution in [1.82, 2.24) is 25.1 Å². The topological polar surface area (TPSA) is 166 Å². The minimum absolute atomic E-state index is 0.0648. The second-order valence-corrected chi connectivity index (χ2v) is 8.40. The molecule has 2 amide bonds. The first kappa shape index (κ1) is 23.4. The first-order valence-corrected chi connectivity index (χ1v) is 10.8. The van der Waals surface area contributed by atoms with Crippen molar-refractivity contribution in [1.29, 1.82) is 5.26 Å². The molecule has 0 aliphatic carbocycles. The standard InChI is InChI=1S/C25H24N8O2/c1-13-4-17-6-16(7-18(8-26)22(17)29-9-13)11-33-12-20(23(32-33)24(28)34)25(35)30-10-19-14(2)5-21(27)31-15(19)3/h4-7,9,12H,10-11H2,1-3H3,(H2,27,31)(H2,28,34)(H,30,35). The molecule has 1 aromatic carbocycles. The van der Waals surface area contributed by atoms with E-state index in [4.69, 9.17) is 11.5 Å². The van der Waals surface area contributed by atoms with Gasteiger partial charge in [0.05, 0.1) is 23.2 Å². The highest BCUT2D eigenvalue weighted by atomic mass is 16.2. The van der Waals surface area contributed by atoms with Crippen molar-refractivity contribution in [2.24, 2.45) is 5.73 Å². The number of pyridine rings is 2. The largest absolute Gasteiger partial charge is 0.384 e. The number of nitrogens with one attached hydrogen (secondary N) is 1. The van der Waals surface area contributed by atoms with Crippen LogP contribution in [0.1, 0.15) is 54.4 Å². The average molecular weight is 469 g/mol. The molecule has 0 aliphatic heterocycles. The van der Waals surface area contributed by atoms with Gasteiger partial charge in [-0.15, -0.1) is 0 Å². The highest BCUT2D eigenvalue weighted by Crippen LogP contribution is 2.21. The summed E-state index contributed by atoms with van der Waals surface area (Å²) in [4.78, 5) is 33.5. The average Bonchev–Trinajstić information content (AvgIpc) is 3.21. The molecule has 0 atom stereocenters. The lowest BCUT2D eigenvalue weighted by Gasteiger charge is -2.11. The van der Waals surface area contributed by atoms with Crippen molar-refractivity contribution in [2.45, 2.75) is 33.9 Å². The third-order valence-electron chi connectivity index (χ3n) is 5.68. The van der Waals surface area contributed by atoms with E-state index in [1.165, 1.54) is 10.9 Å². The van der Waals surface area contributed by atoms with Gasteiger partial charge in [-0.2, -0.15) is 10.4 Å². The number of carbonyl (C=O) groups excluding carboxylic acids is 2. The Kier molecular flexibility index (Phi) is 6.16. The van der Waals surface area contributed by atoms with E-state index in [0.29, 0.717) is 22.6 Å². The van der Waals surface area contributed by atoms with Crippen LogP contribution in [0.25, 0.3) is 10.9 Å². The zero-order chi connectivity index (χ0) is 25.3. The number of hydrogen-bond donors (Lipinski definition) is 3. The third-order valence-corrected chi connectivity index (χ3v) is 5.68. The summed E-state index contributed by atoms with van der Waals surface area (Å²) >= 11 is 0. The van der Waals surface area contributed by atoms with Gasteiger partial charge in [0.15, 0.2) is 5.69 Å². The first-order chi connectivity index (χ1) is 16.7. The van der Waals surface area contributed by atoms with Crippen molar-refractivity contribution >= 4 is 28.5 Å². The Morgan fingerprint density at radius 2 is 1.94 bits per heavy atom. The maximum atomic E-state index is 12.9. The van der Waals surface area contributed by atoms with Gasteiger partial charge in [-0.1, -0.05) is 0 Å². The quantitative estimate of drug-likeness (QED) is 0.390. The van der Waals surface area contributed by atoms with E-state index in [9.17, 15) is 14.9 Å². The van der Waals surface area contributed by atoms with Crippen LogP contribution in [0.4, 0.5) is 5.82 Å². The van der Waals surface area contributed by atoms with Crippen LogP contribution in [0.3, 0.4) is 0 Å². The van der Waals surface area contributed by atoms with Crippen molar-refractivity contribution in [3.05, 3.63) is 81.4 Å². The molecule has 0 radical (unpaired) electrons. The second-order valence-electron chi connectivity index (χ2n) is 8.40. The summed E-state index contributed by atoms with van der Waals surface area (Å²) in [5, 5.41) is 17.4. The molecular formula is C25H24N8O2. The number of nitriles is 1. The number of carbonyl (C=O) groups is 2. The Balaban J connectivity index is 1.61. The summed E-state index contributed by atoms with van der Waals surface area (Å²) in [5.74, 6) is -0.894. The van der Waals surface area contributed by atoms with E-state index in [-0.39, 0.29) is 24.3 Å². The molecule has 0 fully saturated rings. The Morgan fingerprint density at radius 1 is 1.17 bits per heavy atom. The fourth-order valence-corrected chi connectivity index (χ4v) is 4.06. The number of amides is 2. The van der Waals surface area contributed by atoms with Crippen LogP contribution in [-0.4, -0.2) is 31.6 Å². The summed E-state index contributed by atoms with van der Waals surface area (Å²) in [6.45, 7) is 6.05. The maximum absolute atomic E-state index is 12.9. The number of nitrogens with zero attached hydrogens (tertiary/aromatic N) is 5. The molecule has 3 heterocycles. The number of primary amides is 1. The number of hydrogen-bond acceptors (Lipinski definition) is 7. The number of benzene rings is 1. The van der Waals surface area contributed by atoms with Gasteiger partial charge >= 0.3 is 0 Å². The molecule has 35 heavy (non-hydrogen) atoms. The van der Waals surface area contributed by atoms with Gasteiger partial charge in [0.1, 0.15) is 11.9 Å². The molecule has 3 aromatic heterocycles. The lowest BCUT2D eigenvalue weighted by Crippen LogP contribution is -2.26. The van der Waals surface area contributed by atoms with Gasteiger partial charge < -0.3 is 16.8 Å². The molecule has 4 rings (SSSR count). The molecule has 0 aliphatic rings. The maximum Gasteiger partial charge on any atom is 0.270 e. The second kappa shape index (κ2) is 9.23. The summed E-state index contributed by atoms with van der Waals surface area (Å²) in [7, 11) is 0. The van der Waals surface area contributed by atoms with E-state index < -0.39 is 11.8 Å². The van der Waals surface area contributed by atoms with Crippen LogP contribution < -0.4 is 16.8 Å². The van der Waals surface area contributed by atoms with E-state index in [2.05, 4.69) is 26.5 Å². The van der Waals surface area contributed by atoms with Gasteiger partial charge in [-0.25, -0.2) is 4.98 Å². The van der Waals surface area contributed by atoms with Gasteiger partial charge in [-0.05, 0) is 67.3 Å². The highest BCUT2D eigenvalue weighted by Gasteiger charge is 2.21. The Morgan fingerprint density at radius 3 is 2.63 bits per heavy atom. The minimum Gasteiger partial charge on any atom is -0.384 e. The zero-order valence-corrected chi connectivity index (χ0v) is 19.6. The van der Waals surface area contributed by atoms with Crippen LogP contribution in [0.2, 0.25) is 0 Å². The normalized spacial score (nSPS) is 10.8. The molecule has 0 saturated heterocycles. The zero-order valence-electron chi connectivity index (χ0n) is 19.6. The molecule has 0 spiro atoms. The molecule has 10 heteroatoms. The van der Waals surface area contributed by atoms with Crippen molar-refractivity contribution in [3.63, 3.8) is 0 Å². The number of nitrogen functional groups attached to an aromatic ring is 1. The number of fused-ring (bicyclic) bond motifs is 1. The minimum atomic E-state index is -0.813. The number of aromatic nitrogens is 4. The fourth-order valence-electron chi connectivity index (χ4n) is 4.06. The summed E-state index contributed by atoms with van der Waals surface area (Å²) in [6.07, 6.45) is 3.19. The van der Waals surface area contributed by atoms with Crippen LogP contribution in [0, 0.1) is 32.1 Å². The van der Waals surface area contributed by atoms with Gasteiger partial charge in [0, 0.05) is 30.0 Å². The summed E-state index contributed by atoms with van der Waals surface area (Å²) in [6, 6.07) is 9.47. The smallest absolute Gasteiger partial charge is 0.270 e. The van der Waals surface area contributed by atoms with Crippen LogP contribution >= 0.6 is 0 Å². The van der Waals surface area contributed by atoms with Gasteiger partial charge in [0.2, 0.25) is 0 Å². The molecule has 0 bridgehead atoms. The number of anilines is 1. The van der Waals surface area contributed by atoms with Crippen molar-refractivity contribution in [2.75, 3.05) is 5.73 Å². The monoisotopic (exact) mass is 468 g/mol. The van der Waals surface area contributed by atoms with E-state index in [1.807, 2.05) is 32.9 Å². The SMILES string of the molecule is Cc1cnc2c(C#N)cc(Cn3cc(C(=O)NCc4c(C)cc(N)nc4C)c(C(N)=O)n3)cc2c1. The predicted octanol–water partition coefficient (Wildman–Crippen LogP) is 2.28. The van der Waals surface area contributed by atoms with Gasteiger partial charge in [0.25, 0.3) is 11.8 Å². The Bertz CT molecular complexity index is 1510. The third kappa shape index (κ3) is 4.79. The van der Waals surface area contributed by atoms with E-state index >= 15 is 0 Å². The Labute approximate surface area is 201 Å². The molecule has 176 valence electrons. The van der Waals surface area contributed by atoms with Crippen LogP contribution in [0.5, 0.6) is 0 Å². The van der Waals surface area contributed by atoms with Gasteiger partial charge in [-0.3, -0.25) is 19.3 Å². The van der Waals surface area contributed by atoms with E-state index in [1.54, 1.807) is 18.3 Å². The summed E-state index contributed by atoms with van der Waals surface area (Å²) < 4.78 is 1.46. The van der Waals surface area contributed by atoms with Crippen molar-refractivity contribution in [3.8, 4) is 6.07 Å². The molecule has 5 N–H and O–H groups in total. The molecule has 0 saturated carbocycles. The van der Waals surface area contributed by atoms with E-state index in [0.717, 1.165) is 27.6 Å². The first-order valence-electron chi connectivity index (χ1n) is 10.8. The predicted molar refractivity (Wildman–Crippen MR) is 130 cm³/mol.